The van der Waals surface area contributed by atoms with Crippen LogP contribution in [0.5, 0.6) is 11.5 Å². The summed E-state index contributed by atoms with van der Waals surface area (Å²) in [6, 6.07) is 13.3. The van der Waals surface area contributed by atoms with Crippen LogP contribution in [-0.2, 0) is 26.1 Å². The van der Waals surface area contributed by atoms with Gasteiger partial charge < -0.3 is 23.5 Å². The predicted octanol–water partition coefficient (Wildman–Crippen LogP) is 6.45. The predicted molar refractivity (Wildman–Crippen MR) is 163 cm³/mol. The first-order chi connectivity index (χ1) is 20.1. The van der Waals surface area contributed by atoms with Gasteiger partial charge in [-0.15, -0.1) is 0 Å². The molecule has 2 atom stereocenters. The first kappa shape index (κ1) is 28.9. The van der Waals surface area contributed by atoms with Crippen molar-refractivity contribution in [2.24, 2.45) is 7.05 Å². The first-order valence-corrected chi connectivity index (χ1v) is 14.1. The number of methoxy groups -OCH3 is 1. The lowest BCUT2D eigenvalue weighted by molar-refractivity contribution is -0.184. The Morgan fingerprint density at radius 2 is 1.60 bits per heavy atom. The number of nitrogens with zero attached hydrogens (tertiary/aromatic N) is 1. The van der Waals surface area contributed by atoms with E-state index in [1.165, 1.54) is 19.3 Å². The minimum Gasteiger partial charge on any atom is -0.496 e. The molecule has 0 saturated carbocycles. The van der Waals surface area contributed by atoms with E-state index in [-0.39, 0.29) is 5.43 Å². The molecule has 3 aromatic carbocycles. The third-order valence-electron chi connectivity index (χ3n) is 7.60. The van der Waals surface area contributed by atoms with Gasteiger partial charge in [0.25, 0.3) is 0 Å². The second-order valence-electron chi connectivity index (χ2n) is 10.9. The largest absolute Gasteiger partial charge is 0.496 e. The second-order valence-corrected chi connectivity index (χ2v) is 10.9. The summed E-state index contributed by atoms with van der Waals surface area (Å²) in [4.78, 5) is 40.1. The van der Waals surface area contributed by atoms with Gasteiger partial charge in [0.05, 0.1) is 29.1 Å². The summed E-state index contributed by atoms with van der Waals surface area (Å²) in [7, 11) is 3.34. The highest BCUT2D eigenvalue weighted by atomic mass is 16.6. The van der Waals surface area contributed by atoms with Crippen molar-refractivity contribution in [1.29, 1.82) is 0 Å². The summed E-state index contributed by atoms with van der Waals surface area (Å²) in [6.07, 6.45) is 5.26. The fraction of sp³-hybridized carbons (Fsp3) is 0.324. The highest BCUT2D eigenvalue weighted by molar-refractivity contribution is 6.04. The van der Waals surface area contributed by atoms with Crippen LogP contribution >= 0.6 is 0 Å². The molecule has 8 nitrogen and oxygen atoms in total. The fourth-order valence-electron chi connectivity index (χ4n) is 5.61. The maximum Gasteiger partial charge on any atom is 0.331 e. The molecule has 5 rings (SSSR count). The monoisotopic (exact) mass is 569 g/mol. The minimum absolute atomic E-state index is 0.233. The Hall–Kier alpha value is -4.59. The molecule has 0 radical (unpaired) electrons. The van der Waals surface area contributed by atoms with Gasteiger partial charge in [0, 0.05) is 30.7 Å². The summed E-state index contributed by atoms with van der Waals surface area (Å²) in [6.45, 7) is 7.35. The van der Waals surface area contributed by atoms with Crippen molar-refractivity contribution in [1.82, 2.24) is 4.57 Å². The van der Waals surface area contributed by atoms with Crippen LogP contribution in [0.3, 0.4) is 0 Å². The zero-order chi connectivity index (χ0) is 30.2. The molecular weight excluding hydrogens is 534 g/mol. The fourth-order valence-corrected chi connectivity index (χ4v) is 5.61. The van der Waals surface area contributed by atoms with Gasteiger partial charge in [0.15, 0.2) is 12.2 Å². The molecule has 0 aliphatic carbocycles. The van der Waals surface area contributed by atoms with Crippen LogP contribution in [0.25, 0.3) is 32.6 Å². The number of benzene rings is 3. The van der Waals surface area contributed by atoms with Crippen LogP contribution in [0.2, 0.25) is 0 Å². The summed E-state index contributed by atoms with van der Waals surface area (Å²) >= 11 is 0. The highest BCUT2D eigenvalue weighted by Crippen LogP contribution is 2.49. The smallest absolute Gasteiger partial charge is 0.331 e. The number of carbonyl (C=O) groups excluding carboxylic acids is 2. The van der Waals surface area contributed by atoms with Crippen molar-refractivity contribution in [2.75, 3.05) is 7.11 Å². The van der Waals surface area contributed by atoms with Gasteiger partial charge in [-0.2, -0.15) is 0 Å². The first-order valence-electron chi connectivity index (χ1n) is 14.1. The average Bonchev–Trinajstić information content (AvgIpc) is 2.97. The molecule has 0 spiro atoms. The molecule has 0 saturated heterocycles. The van der Waals surface area contributed by atoms with E-state index in [9.17, 15) is 14.4 Å². The van der Waals surface area contributed by atoms with Gasteiger partial charge >= 0.3 is 11.9 Å². The molecule has 4 aromatic rings. The molecule has 1 aliphatic heterocycles. The van der Waals surface area contributed by atoms with Gasteiger partial charge in [-0.3, -0.25) is 4.79 Å². The van der Waals surface area contributed by atoms with Gasteiger partial charge in [-0.1, -0.05) is 50.3 Å². The van der Waals surface area contributed by atoms with Crippen LogP contribution in [0.1, 0.15) is 52.2 Å². The van der Waals surface area contributed by atoms with Crippen LogP contribution < -0.4 is 14.9 Å². The minimum atomic E-state index is -1.10. The van der Waals surface area contributed by atoms with Crippen molar-refractivity contribution < 1.29 is 28.5 Å². The Kier molecular flexibility index (Phi) is 7.82. The number of ether oxygens (including phenoxy) is 4. The molecule has 0 N–H and O–H groups in total. The van der Waals surface area contributed by atoms with E-state index in [1.807, 2.05) is 61.9 Å². The second kappa shape index (κ2) is 11.4. The van der Waals surface area contributed by atoms with Crippen LogP contribution in [0.15, 0.2) is 71.6 Å². The topological polar surface area (TPSA) is 93.1 Å². The zero-order valence-electron chi connectivity index (χ0n) is 24.7. The Morgan fingerprint density at radius 3 is 2.21 bits per heavy atom. The number of aromatic nitrogens is 1. The van der Waals surface area contributed by atoms with Gasteiger partial charge in [0.2, 0.25) is 5.43 Å². The molecule has 0 amide bonds. The normalized spacial score (nSPS) is 18.0. The molecule has 218 valence electrons. The number of carbonyl (C=O) groups is 2. The Labute approximate surface area is 244 Å². The molecule has 42 heavy (non-hydrogen) atoms. The van der Waals surface area contributed by atoms with Crippen LogP contribution in [-0.4, -0.2) is 35.3 Å². The molecule has 0 unspecified atom stereocenters. The maximum atomic E-state index is 14.2. The van der Waals surface area contributed by atoms with Gasteiger partial charge in [-0.25, -0.2) is 9.59 Å². The zero-order valence-corrected chi connectivity index (χ0v) is 24.7. The molecule has 1 aliphatic rings. The number of hydrogen-bond acceptors (Lipinski definition) is 7. The van der Waals surface area contributed by atoms with E-state index in [2.05, 4.69) is 0 Å². The molecule has 2 heterocycles. The third-order valence-corrected chi connectivity index (χ3v) is 7.60. The van der Waals surface area contributed by atoms with E-state index < -0.39 is 29.7 Å². The maximum absolute atomic E-state index is 14.2. The SMILES string of the molecule is CCC=CC(=O)O[C@H]1c2c(cc(OC)c3c(=O)c4cc5ccccc5cc4n(C)c23)OC(C)(C)[C@H]1OC(=O)C=CCC. The number of fused-ring (bicyclic) bond motifs is 5. The Balaban J connectivity index is 1.86. The van der Waals surface area contributed by atoms with Crippen molar-refractivity contribution in [2.45, 2.75) is 58.3 Å². The number of allylic oxidation sites excluding steroid dienone is 2. The van der Waals surface area contributed by atoms with Crippen LogP contribution in [0.4, 0.5) is 0 Å². The molecular formula is C34H35NO7. The average molecular weight is 570 g/mol. The molecule has 8 heteroatoms. The van der Waals surface area contributed by atoms with Gasteiger partial charge in [0.1, 0.15) is 17.1 Å². The van der Waals surface area contributed by atoms with E-state index in [4.69, 9.17) is 18.9 Å². The lowest BCUT2D eigenvalue weighted by atomic mass is 9.86. The van der Waals surface area contributed by atoms with Crippen molar-refractivity contribution in [3.63, 3.8) is 0 Å². The van der Waals surface area contributed by atoms with Crippen molar-refractivity contribution >= 4 is 44.5 Å². The van der Waals surface area contributed by atoms with Crippen LogP contribution in [0, 0.1) is 0 Å². The number of esters is 2. The lowest BCUT2D eigenvalue weighted by Crippen LogP contribution is -2.52. The number of aryl methyl sites for hydroxylation is 1. The Morgan fingerprint density at radius 1 is 0.976 bits per heavy atom. The Bertz CT molecular complexity index is 1830. The van der Waals surface area contributed by atoms with E-state index in [1.54, 1.807) is 32.1 Å². The summed E-state index contributed by atoms with van der Waals surface area (Å²) in [5.41, 5.74) is 0.239. The van der Waals surface area contributed by atoms with Crippen molar-refractivity contribution in [3.05, 3.63) is 82.6 Å². The lowest BCUT2D eigenvalue weighted by Gasteiger charge is -2.43. The number of rotatable bonds is 7. The van der Waals surface area contributed by atoms with E-state index >= 15 is 0 Å². The van der Waals surface area contributed by atoms with Gasteiger partial charge in [-0.05, 0) is 49.6 Å². The molecule has 1 aromatic heterocycles. The summed E-state index contributed by atoms with van der Waals surface area (Å²) in [5.74, 6) is -0.493. The highest BCUT2D eigenvalue weighted by Gasteiger charge is 2.50. The summed E-state index contributed by atoms with van der Waals surface area (Å²) in [5, 5.41) is 2.73. The third kappa shape index (κ3) is 5.02. The summed E-state index contributed by atoms with van der Waals surface area (Å²) < 4.78 is 26.1. The molecule has 0 fully saturated rings. The number of hydrogen-bond donors (Lipinski definition) is 0. The standard InChI is InChI=1S/C34H35NO7/c1-7-9-15-26(36)40-32-29-25(42-34(3,4)33(32)41-27(37)16-10-8-2)19-24(39-6)28-30(29)35(5)23-18-21-14-12-11-13-20(21)17-22(23)31(28)38/h9-19,32-33H,7-8H2,1-6H3/t32-,33-/m0/s1. The van der Waals surface area contributed by atoms with Crippen molar-refractivity contribution in [3.8, 4) is 11.5 Å². The molecule has 0 bridgehead atoms. The quantitative estimate of drug-likeness (QED) is 0.143. The van der Waals surface area contributed by atoms with E-state index in [0.29, 0.717) is 51.7 Å². The van der Waals surface area contributed by atoms with E-state index in [0.717, 1.165) is 10.8 Å². The number of pyridine rings is 1.